The summed E-state index contributed by atoms with van der Waals surface area (Å²) >= 11 is 0. The lowest BCUT2D eigenvalue weighted by molar-refractivity contribution is -0.115. The van der Waals surface area contributed by atoms with Crippen LogP contribution in [0.5, 0.6) is 0 Å². The van der Waals surface area contributed by atoms with Crippen molar-refractivity contribution in [2.24, 2.45) is 0 Å². The van der Waals surface area contributed by atoms with E-state index in [1.807, 2.05) is 0 Å². The Balaban J connectivity index is 2.64. The van der Waals surface area contributed by atoms with E-state index in [1.54, 1.807) is 0 Å². The highest BCUT2D eigenvalue weighted by molar-refractivity contribution is 5.90. The topological polar surface area (TPSA) is 37.0 Å². The summed E-state index contributed by atoms with van der Waals surface area (Å²) in [6.45, 7) is 0. The Morgan fingerprint density at radius 2 is 2.12 bits per heavy atom. The van der Waals surface area contributed by atoms with Crippen LogP contribution in [-0.2, 0) is 9.90 Å². The summed E-state index contributed by atoms with van der Waals surface area (Å²) in [4.78, 5) is 10.4. The molecule has 0 amide bonds. The van der Waals surface area contributed by atoms with Crippen LogP contribution in [0.1, 0.15) is 19.3 Å². The lowest BCUT2D eigenvalue weighted by Gasteiger charge is -2.00. The first kappa shape index (κ1) is 5.35. The summed E-state index contributed by atoms with van der Waals surface area (Å²) < 4.78 is 0. The molecule has 0 unspecified atom stereocenters. The number of hydrogen-bond acceptors (Lipinski definition) is 1. The number of allylic oxidation sites excluding steroid dienone is 2. The standard InChI is InChI=1S/C6H7O2/c7-5-2-1-3-6(8)4-5/h4H,1-3H2. The first-order valence-electron chi connectivity index (χ1n) is 2.69. The van der Waals surface area contributed by atoms with Crippen LogP contribution in [0.25, 0.3) is 0 Å². The smallest absolute Gasteiger partial charge is 0.159 e. The molecule has 1 radical (unpaired) electrons. The maximum Gasteiger partial charge on any atom is 0.159 e. The summed E-state index contributed by atoms with van der Waals surface area (Å²) in [6.07, 6.45) is 3.06. The first-order chi connectivity index (χ1) is 3.79. The van der Waals surface area contributed by atoms with E-state index in [9.17, 15) is 9.90 Å². The minimum Gasteiger partial charge on any atom is -0.295 e. The molecular formula is C6H7O2. The largest absolute Gasteiger partial charge is 0.295 e. The molecule has 2 nitrogen and oxygen atoms in total. The zero-order chi connectivity index (χ0) is 5.98. The Kier molecular flexibility index (Phi) is 1.33. The van der Waals surface area contributed by atoms with Gasteiger partial charge in [-0.05, 0) is 6.42 Å². The van der Waals surface area contributed by atoms with Gasteiger partial charge in [-0.2, -0.15) is 0 Å². The minimum absolute atomic E-state index is 0.0127. The van der Waals surface area contributed by atoms with Crippen molar-refractivity contribution < 1.29 is 9.90 Å². The van der Waals surface area contributed by atoms with Crippen LogP contribution >= 0.6 is 0 Å². The maximum absolute atomic E-state index is 10.4. The zero-order valence-electron chi connectivity index (χ0n) is 4.52. The van der Waals surface area contributed by atoms with E-state index in [2.05, 4.69) is 0 Å². The van der Waals surface area contributed by atoms with Crippen molar-refractivity contribution in [3.63, 3.8) is 0 Å². The Hall–Kier alpha value is -0.790. The monoisotopic (exact) mass is 111 g/mol. The summed E-state index contributed by atoms with van der Waals surface area (Å²) in [7, 11) is 0. The highest BCUT2D eigenvalue weighted by atomic mass is 16.3. The van der Waals surface area contributed by atoms with Crippen LogP contribution in [0.2, 0.25) is 0 Å². The summed E-state index contributed by atoms with van der Waals surface area (Å²) in [5, 5.41) is 10.4. The van der Waals surface area contributed by atoms with Gasteiger partial charge in [0.05, 0.1) is 0 Å². The van der Waals surface area contributed by atoms with Crippen LogP contribution in [0.15, 0.2) is 11.8 Å². The number of hydrogen-bond donors (Lipinski definition) is 0. The molecule has 1 aliphatic rings. The molecule has 0 atom stereocenters. The number of carbonyl (C=O) groups is 1. The van der Waals surface area contributed by atoms with Gasteiger partial charge in [0, 0.05) is 18.9 Å². The lowest BCUT2D eigenvalue weighted by Crippen LogP contribution is -2.00. The highest BCUT2D eigenvalue weighted by Crippen LogP contribution is 2.11. The van der Waals surface area contributed by atoms with E-state index in [-0.39, 0.29) is 11.5 Å². The Morgan fingerprint density at radius 1 is 1.38 bits per heavy atom. The fraction of sp³-hybridized carbons (Fsp3) is 0.500. The fourth-order valence-corrected chi connectivity index (χ4v) is 0.761. The van der Waals surface area contributed by atoms with Gasteiger partial charge >= 0.3 is 0 Å². The average Bonchev–Trinajstić information content (AvgIpc) is 1.64. The number of rotatable bonds is 0. The van der Waals surface area contributed by atoms with Gasteiger partial charge in [0.2, 0.25) is 0 Å². The Labute approximate surface area is 47.8 Å². The summed E-state index contributed by atoms with van der Waals surface area (Å²) in [6, 6.07) is 0. The van der Waals surface area contributed by atoms with Crippen LogP contribution in [0.3, 0.4) is 0 Å². The van der Waals surface area contributed by atoms with E-state index in [0.29, 0.717) is 12.8 Å². The van der Waals surface area contributed by atoms with Crippen molar-refractivity contribution in [1.82, 2.24) is 0 Å². The van der Waals surface area contributed by atoms with Gasteiger partial charge in [-0.25, -0.2) is 0 Å². The van der Waals surface area contributed by atoms with E-state index in [0.717, 1.165) is 6.42 Å². The van der Waals surface area contributed by atoms with E-state index in [1.165, 1.54) is 6.08 Å². The van der Waals surface area contributed by atoms with E-state index in [4.69, 9.17) is 0 Å². The summed E-state index contributed by atoms with van der Waals surface area (Å²) in [5.41, 5.74) is 0. The average molecular weight is 111 g/mol. The molecule has 0 aromatic carbocycles. The third-order valence-electron chi connectivity index (χ3n) is 1.17. The zero-order valence-corrected chi connectivity index (χ0v) is 4.52. The Bertz CT molecular complexity index is 135. The molecule has 0 spiro atoms. The van der Waals surface area contributed by atoms with Gasteiger partial charge in [0.25, 0.3) is 0 Å². The molecule has 43 valence electrons. The van der Waals surface area contributed by atoms with Crippen molar-refractivity contribution >= 4 is 5.78 Å². The second-order valence-electron chi connectivity index (χ2n) is 1.93. The van der Waals surface area contributed by atoms with Crippen LogP contribution in [0.4, 0.5) is 0 Å². The molecule has 0 aromatic heterocycles. The van der Waals surface area contributed by atoms with Crippen LogP contribution in [-0.4, -0.2) is 5.78 Å². The molecule has 1 aliphatic carbocycles. The number of carbonyl (C=O) groups excluding carboxylic acids is 1. The second-order valence-corrected chi connectivity index (χ2v) is 1.93. The van der Waals surface area contributed by atoms with Gasteiger partial charge in [-0.15, -0.1) is 0 Å². The van der Waals surface area contributed by atoms with Gasteiger partial charge < -0.3 is 0 Å². The quantitative estimate of drug-likeness (QED) is 0.460. The third kappa shape index (κ3) is 1.09. The highest BCUT2D eigenvalue weighted by Gasteiger charge is 2.08. The predicted octanol–water partition coefficient (Wildman–Crippen LogP) is 1.05. The number of ketones is 1. The van der Waals surface area contributed by atoms with Crippen LogP contribution in [0, 0.1) is 0 Å². The molecule has 0 aliphatic heterocycles. The van der Waals surface area contributed by atoms with Gasteiger partial charge in [-0.1, -0.05) is 0 Å². The van der Waals surface area contributed by atoms with E-state index >= 15 is 0 Å². The molecule has 0 aromatic rings. The van der Waals surface area contributed by atoms with Gasteiger partial charge in [0.1, 0.15) is 0 Å². The first-order valence-corrected chi connectivity index (χ1v) is 2.69. The molecule has 0 N–H and O–H groups in total. The van der Waals surface area contributed by atoms with Crippen molar-refractivity contribution in [3.05, 3.63) is 11.8 Å². The lowest BCUT2D eigenvalue weighted by atomic mass is 10.1. The molecule has 0 saturated carbocycles. The molecule has 8 heavy (non-hydrogen) atoms. The predicted molar refractivity (Wildman–Crippen MR) is 27.6 cm³/mol. The molecule has 0 heterocycles. The SMILES string of the molecule is [O]C1=CC(=O)CCC1. The van der Waals surface area contributed by atoms with Crippen molar-refractivity contribution in [2.45, 2.75) is 19.3 Å². The van der Waals surface area contributed by atoms with E-state index < -0.39 is 0 Å². The maximum atomic E-state index is 10.4. The normalized spacial score (nSPS) is 20.5. The Morgan fingerprint density at radius 3 is 2.50 bits per heavy atom. The van der Waals surface area contributed by atoms with Crippen molar-refractivity contribution in [3.8, 4) is 0 Å². The van der Waals surface area contributed by atoms with Gasteiger partial charge in [0.15, 0.2) is 11.5 Å². The molecule has 1 rings (SSSR count). The van der Waals surface area contributed by atoms with Crippen molar-refractivity contribution in [1.29, 1.82) is 0 Å². The molecule has 0 bridgehead atoms. The third-order valence-corrected chi connectivity index (χ3v) is 1.17. The molecule has 0 saturated heterocycles. The summed E-state index contributed by atoms with van der Waals surface area (Å²) in [5.74, 6) is -0.0255. The molecular weight excluding hydrogens is 104 g/mol. The second kappa shape index (κ2) is 1.99. The minimum atomic E-state index is -0.0127. The van der Waals surface area contributed by atoms with Crippen LogP contribution < -0.4 is 0 Å². The van der Waals surface area contributed by atoms with Gasteiger partial charge in [-0.3, -0.25) is 9.90 Å². The molecule has 2 heteroatoms. The molecule has 0 fully saturated rings. The van der Waals surface area contributed by atoms with Crippen molar-refractivity contribution in [2.75, 3.05) is 0 Å². The fourth-order valence-electron chi connectivity index (χ4n) is 0.761.